The van der Waals surface area contributed by atoms with Crippen molar-refractivity contribution in [1.29, 1.82) is 0 Å². The Morgan fingerprint density at radius 1 is 1.19 bits per heavy atom. The maximum atomic E-state index is 12.5. The van der Waals surface area contributed by atoms with Crippen LogP contribution < -0.4 is 10.5 Å². The predicted octanol–water partition coefficient (Wildman–Crippen LogP) is 0.956. The molecule has 3 aromatic heterocycles. The van der Waals surface area contributed by atoms with Crippen LogP contribution in [0.4, 0.5) is 0 Å². The number of rotatable bonds is 5. The first-order valence-corrected chi connectivity index (χ1v) is 9.17. The second-order valence-electron chi connectivity index (χ2n) is 5.72. The van der Waals surface area contributed by atoms with Crippen LogP contribution in [0.5, 0.6) is 0 Å². The number of nitrogens with zero attached hydrogens (tertiary/aromatic N) is 4. The van der Waals surface area contributed by atoms with Crippen LogP contribution in [0.1, 0.15) is 11.7 Å². The van der Waals surface area contributed by atoms with Gasteiger partial charge in [0.05, 0.1) is 17.0 Å². The molecule has 1 aromatic carbocycles. The first kappa shape index (κ1) is 17.2. The number of aryl methyl sites for hydroxylation is 2. The summed E-state index contributed by atoms with van der Waals surface area (Å²) in [5.41, 5.74) is 1.05. The van der Waals surface area contributed by atoms with E-state index in [1.807, 2.05) is 0 Å². The third kappa shape index (κ3) is 3.15. The quantitative estimate of drug-likeness (QED) is 0.525. The molecule has 0 saturated heterocycles. The number of benzene rings is 1. The van der Waals surface area contributed by atoms with E-state index in [1.165, 1.54) is 29.8 Å². The van der Waals surface area contributed by atoms with Gasteiger partial charge in [0.15, 0.2) is 11.3 Å². The third-order valence-electron chi connectivity index (χ3n) is 3.81. The third-order valence-corrected chi connectivity index (χ3v) is 5.21. The van der Waals surface area contributed by atoms with Gasteiger partial charge in [0, 0.05) is 13.1 Å². The van der Waals surface area contributed by atoms with E-state index in [1.54, 1.807) is 13.0 Å². The Morgan fingerprint density at radius 3 is 2.74 bits per heavy atom. The minimum atomic E-state index is -3.88. The predicted molar refractivity (Wildman–Crippen MR) is 90.0 cm³/mol. The van der Waals surface area contributed by atoms with Crippen molar-refractivity contribution in [2.45, 2.75) is 18.4 Å². The van der Waals surface area contributed by atoms with Gasteiger partial charge in [-0.2, -0.15) is 4.98 Å². The molecular formula is C15H13N5O6S. The van der Waals surface area contributed by atoms with E-state index in [9.17, 15) is 13.2 Å². The molecule has 1 N–H and O–H groups in total. The monoisotopic (exact) mass is 391 g/mol. The molecule has 0 atom stereocenters. The molecule has 0 aliphatic heterocycles. The molecule has 0 spiro atoms. The highest BCUT2D eigenvalue weighted by atomic mass is 32.2. The number of nitrogens with one attached hydrogen (secondary N) is 1. The van der Waals surface area contributed by atoms with Crippen LogP contribution >= 0.6 is 0 Å². The van der Waals surface area contributed by atoms with E-state index in [4.69, 9.17) is 13.5 Å². The average Bonchev–Trinajstić information content (AvgIpc) is 3.33. The zero-order valence-corrected chi connectivity index (χ0v) is 15.0. The summed E-state index contributed by atoms with van der Waals surface area (Å²) >= 11 is 0. The largest absolute Gasteiger partial charge is 0.419 e. The van der Waals surface area contributed by atoms with Crippen molar-refractivity contribution in [1.82, 2.24) is 24.6 Å². The van der Waals surface area contributed by atoms with Crippen LogP contribution in [0, 0.1) is 6.92 Å². The molecule has 0 unspecified atom stereocenters. The van der Waals surface area contributed by atoms with Crippen LogP contribution in [0.2, 0.25) is 0 Å². The van der Waals surface area contributed by atoms with E-state index < -0.39 is 15.8 Å². The van der Waals surface area contributed by atoms with Crippen LogP contribution in [0.25, 0.3) is 22.6 Å². The number of sulfonamides is 1. The first-order valence-electron chi connectivity index (χ1n) is 7.69. The fourth-order valence-electron chi connectivity index (χ4n) is 2.42. The standard InChI is InChI=1S/C15H13N5O6S/c1-8-5-10(18-25-8)14-17-13(26-19-14)7-16-27(22,23)9-3-4-12-11(6-9)20(2)15(21)24-12/h3-6,16H,7H2,1-2H3. The highest BCUT2D eigenvalue weighted by Gasteiger charge is 2.19. The molecular weight excluding hydrogens is 378 g/mol. The Balaban J connectivity index is 1.54. The van der Waals surface area contributed by atoms with Gasteiger partial charge < -0.3 is 13.5 Å². The molecule has 0 amide bonds. The fraction of sp³-hybridized carbons (Fsp3) is 0.200. The fourth-order valence-corrected chi connectivity index (χ4v) is 3.41. The van der Waals surface area contributed by atoms with Crippen molar-refractivity contribution in [3.8, 4) is 11.5 Å². The molecule has 12 heteroatoms. The number of hydrogen-bond acceptors (Lipinski definition) is 9. The van der Waals surface area contributed by atoms with Gasteiger partial charge in [-0.15, -0.1) is 0 Å². The van der Waals surface area contributed by atoms with Crippen LogP contribution in [-0.4, -0.2) is 28.3 Å². The molecule has 140 valence electrons. The second-order valence-corrected chi connectivity index (χ2v) is 7.48. The summed E-state index contributed by atoms with van der Waals surface area (Å²) in [6.07, 6.45) is 0. The summed E-state index contributed by atoms with van der Waals surface area (Å²) in [4.78, 5) is 15.6. The molecule has 0 fully saturated rings. The molecule has 0 radical (unpaired) electrons. The van der Waals surface area contributed by atoms with Crippen LogP contribution in [0.15, 0.2) is 47.4 Å². The summed E-state index contributed by atoms with van der Waals surface area (Å²) in [5, 5.41) is 7.49. The van der Waals surface area contributed by atoms with E-state index in [-0.39, 0.29) is 23.2 Å². The molecule has 4 rings (SSSR count). The van der Waals surface area contributed by atoms with Gasteiger partial charge in [0.25, 0.3) is 0 Å². The average molecular weight is 391 g/mol. The first-order chi connectivity index (χ1) is 12.8. The highest BCUT2D eigenvalue weighted by molar-refractivity contribution is 7.89. The lowest BCUT2D eigenvalue weighted by atomic mass is 10.3. The highest BCUT2D eigenvalue weighted by Crippen LogP contribution is 2.19. The molecule has 0 aliphatic carbocycles. The lowest BCUT2D eigenvalue weighted by Gasteiger charge is -2.04. The Hall–Kier alpha value is -3.25. The van der Waals surface area contributed by atoms with Crippen LogP contribution in [0.3, 0.4) is 0 Å². The van der Waals surface area contributed by atoms with E-state index >= 15 is 0 Å². The van der Waals surface area contributed by atoms with Gasteiger partial charge in [-0.05, 0) is 25.1 Å². The van der Waals surface area contributed by atoms with Gasteiger partial charge >= 0.3 is 5.76 Å². The number of aromatic nitrogens is 4. The van der Waals surface area contributed by atoms with Gasteiger partial charge in [0.1, 0.15) is 5.76 Å². The summed E-state index contributed by atoms with van der Waals surface area (Å²) < 4.78 is 43.5. The van der Waals surface area contributed by atoms with Crippen molar-refractivity contribution < 1.29 is 21.9 Å². The molecule has 3 heterocycles. The van der Waals surface area contributed by atoms with E-state index in [0.29, 0.717) is 22.6 Å². The Labute approximate surface area is 151 Å². The Bertz CT molecular complexity index is 1300. The topological polar surface area (TPSA) is 146 Å². The van der Waals surface area contributed by atoms with Crippen molar-refractivity contribution in [3.05, 3.63) is 46.5 Å². The smallest absolute Gasteiger partial charge is 0.408 e. The number of hydrogen-bond donors (Lipinski definition) is 1. The maximum absolute atomic E-state index is 12.5. The normalized spacial score (nSPS) is 12.1. The van der Waals surface area contributed by atoms with Crippen molar-refractivity contribution in [3.63, 3.8) is 0 Å². The van der Waals surface area contributed by atoms with Crippen molar-refractivity contribution in [2.75, 3.05) is 0 Å². The summed E-state index contributed by atoms with van der Waals surface area (Å²) in [5.74, 6) is 0.261. The summed E-state index contributed by atoms with van der Waals surface area (Å²) in [7, 11) is -2.39. The van der Waals surface area contributed by atoms with Crippen molar-refractivity contribution in [2.24, 2.45) is 7.05 Å². The lowest BCUT2D eigenvalue weighted by Crippen LogP contribution is -2.23. The van der Waals surface area contributed by atoms with Gasteiger partial charge in [-0.1, -0.05) is 10.3 Å². The summed E-state index contributed by atoms with van der Waals surface area (Å²) in [6, 6.07) is 5.73. The van der Waals surface area contributed by atoms with Gasteiger partial charge in [-0.25, -0.2) is 17.9 Å². The summed E-state index contributed by atoms with van der Waals surface area (Å²) in [6.45, 7) is 1.51. The maximum Gasteiger partial charge on any atom is 0.419 e. The molecule has 0 aliphatic rings. The molecule has 4 aromatic rings. The molecule has 11 nitrogen and oxygen atoms in total. The SMILES string of the molecule is Cc1cc(-c2noc(CNS(=O)(=O)c3ccc4oc(=O)n(C)c4c3)n2)no1. The second kappa shape index (κ2) is 6.17. The molecule has 0 saturated carbocycles. The van der Waals surface area contributed by atoms with Crippen molar-refractivity contribution >= 4 is 21.1 Å². The lowest BCUT2D eigenvalue weighted by molar-refractivity contribution is 0.374. The van der Waals surface area contributed by atoms with Crippen LogP contribution in [-0.2, 0) is 23.6 Å². The zero-order chi connectivity index (χ0) is 19.2. The minimum Gasteiger partial charge on any atom is -0.408 e. The molecule has 0 bridgehead atoms. The van der Waals surface area contributed by atoms with Gasteiger partial charge in [0.2, 0.25) is 21.7 Å². The van der Waals surface area contributed by atoms with E-state index in [0.717, 1.165) is 0 Å². The number of fused-ring (bicyclic) bond motifs is 1. The van der Waals surface area contributed by atoms with E-state index in [2.05, 4.69) is 20.0 Å². The zero-order valence-electron chi connectivity index (χ0n) is 14.2. The van der Waals surface area contributed by atoms with Gasteiger partial charge in [-0.3, -0.25) is 4.57 Å². The Morgan fingerprint density at radius 2 is 2.00 bits per heavy atom. The Kier molecular flexibility index (Phi) is 3.93. The molecule has 27 heavy (non-hydrogen) atoms. The number of oxazole rings is 1. The minimum absolute atomic E-state index is 0.0294.